The van der Waals surface area contributed by atoms with E-state index in [0.717, 1.165) is 16.7 Å². The number of sulfone groups is 1. The van der Waals surface area contributed by atoms with E-state index in [2.05, 4.69) is 46.9 Å². The van der Waals surface area contributed by atoms with Gasteiger partial charge in [-0.25, -0.2) is 8.42 Å². The van der Waals surface area contributed by atoms with Crippen molar-refractivity contribution in [2.75, 3.05) is 11.5 Å². The Labute approximate surface area is 163 Å². The minimum absolute atomic E-state index is 0.0420. The number of phenolic OH excluding ortho intramolecular Hbond substituents is 1. The van der Waals surface area contributed by atoms with E-state index >= 15 is 0 Å². The first-order valence-electron chi connectivity index (χ1n) is 9.56. The average Bonchev–Trinajstić information content (AvgIpc) is 2.82. The van der Waals surface area contributed by atoms with Crippen molar-refractivity contribution in [2.24, 2.45) is 0 Å². The highest BCUT2D eigenvalue weighted by Gasteiger charge is 2.29. The quantitative estimate of drug-likeness (QED) is 0.820. The van der Waals surface area contributed by atoms with Gasteiger partial charge in [0.25, 0.3) is 0 Å². The number of aromatic hydroxyl groups is 1. The van der Waals surface area contributed by atoms with Gasteiger partial charge in [0.2, 0.25) is 5.91 Å². The SMILES string of the molecule is CC(C)(C)c1cc(CCC(=O)NC2CCS(=O)(=O)C2)cc(C(C)(C)C)c1O. The molecule has 1 amide bonds. The van der Waals surface area contributed by atoms with Gasteiger partial charge in [-0.15, -0.1) is 0 Å². The molecule has 0 bridgehead atoms. The van der Waals surface area contributed by atoms with Crippen LogP contribution in [0.1, 0.15) is 71.1 Å². The molecule has 0 spiro atoms. The molecule has 1 fully saturated rings. The molecule has 27 heavy (non-hydrogen) atoms. The van der Waals surface area contributed by atoms with Crippen LogP contribution in [0.5, 0.6) is 5.75 Å². The summed E-state index contributed by atoms with van der Waals surface area (Å²) in [5.74, 6) is 0.402. The fourth-order valence-electron chi connectivity index (χ4n) is 3.45. The molecule has 152 valence electrons. The number of amides is 1. The van der Waals surface area contributed by atoms with Crippen molar-refractivity contribution in [3.05, 3.63) is 28.8 Å². The molecule has 1 aromatic carbocycles. The molecule has 1 aromatic rings. The van der Waals surface area contributed by atoms with Crippen LogP contribution >= 0.6 is 0 Å². The second-order valence-corrected chi connectivity index (χ2v) is 11.9. The molecule has 1 aliphatic heterocycles. The van der Waals surface area contributed by atoms with Gasteiger partial charge in [0, 0.05) is 12.5 Å². The number of carbonyl (C=O) groups is 1. The standard InChI is InChI=1S/C21H33NO4S/c1-20(2,3)16-11-14(12-17(19(16)24)21(4,5)6)7-8-18(23)22-15-9-10-27(25,26)13-15/h11-12,15,24H,7-10,13H2,1-6H3,(H,22,23). The molecule has 1 atom stereocenters. The maximum atomic E-state index is 12.3. The zero-order valence-corrected chi connectivity index (χ0v) is 18.2. The lowest BCUT2D eigenvalue weighted by molar-refractivity contribution is -0.121. The summed E-state index contributed by atoms with van der Waals surface area (Å²) in [4.78, 5) is 12.3. The maximum absolute atomic E-state index is 12.3. The lowest BCUT2D eigenvalue weighted by Gasteiger charge is -2.28. The van der Waals surface area contributed by atoms with Crippen LogP contribution in [0.2, 0.25) is 0 Å². The lowest BCUT2D eigenvalue weighted by atomic mass is 9.78. The van der Waals surface area contributed by atoms with Gasteiger partial charge in [0.05, 0.1) is 11.5 Å². The molecule has 2 rings (SSSR count). The van der Waals surface area contributed by atoms with E-state index in [1.54, 1.807) is 0 Å². The molecular formula is C21H33NO4S. The van der Waals surface area contributed by atoms with Gasteiger partial charge in [-0.1, -0.05) is 53.7 Å². The van der Waals surface area contributed by atoms with Crippen LogP contribution in [0.25, 0.3) is 0 Å². The highest BCUT2D eigenvalue weighted by molar-refractivity contribution is 7.91. The molecule has 0 radical (unpaired) electrons. The molecule has 6 heteroatoms. The van der Waals surface area contributed by atoms with Crippen molar-refractivity contribution in [3.63, 3.8) is 0 Å². The van der Waals surface area contributed by atoms with Gasteiger partial charge in [-0.3, -0.25) is 4.79 Å². The zero-order chi connectivity index (χ0) is 20.6. The minimum atomic E-state index is -3.00. The monoisotopic (exact) mass is 395 g/mol. The maximum Gasteiger partial charge on any atom is 0.220 e. The van der Waals surface area contributed by atoms with Crippen molar-refractivity contribution >= 4 is 15.7 Å². The van der Waals surface area contributed by atoms with E-state index in [9.17, 15) is 18.3 Å². The topological polar surface area (TPSA) is 83.5 Å². The predicted octanol–water partition coefficient (Wildman–Crippen LogP) is 3.22. The van der Waals surface area contributed by atoms with Gasteiger partial charge < -0.3 is 10.4 Å². The Bertz CT molecular complexity index is 779. The summed E-state index contributed by atoms with van der Waals surface area (Å²) < 4.78 is 23.0. The molecule has 0 aliphatic carbocycles. The largest absolute Gasteiger partial charge is 0.507 e. The first kappa shape index (κ1) is 21.7. The number of hydrogen-bond donors (Lipinski definition) is 2. The van der Waals surface area contributed by atoms with Crippen LogP contribution in [-0.2, 0) is 31.9 Å². The van der Waals surface area contributed by atoms with Crippen LogP contribution in [0, 0.1) is 0 Å². The van der Waals surface area contributed by atoms with Gasteiger partial charge in [-0.2, -0.15) is 0 Å². The molecule has 1 unspecified atom stereocenters. The number of carbonyl (C=O) groups excluding carboxylic acids is 1. The summed E-state index contributed by atoms with van der Waals surface area (Å²) in [7, 11) is -3.00. The first-order chi connectivity index (χ1) is 12.2. The minimum Gasteiger partial charge on any atom is -0.507 e. The number of aryl methyl sites for hydroxylation is 1. The van der Waals surface area contributed by atoms with Crippen molar-refractivity contribution in [3.8, 4) is 5.75 Å². The van der Waals surface area contributed by atoms with Gasteiger partial charge >= 0.3 is 0 Å². The lowest BCUT2D eigenvalue weighted by Crippen LogP contribution is -2.35. The number of benzene rings is 1. The van der Waals surface area contributed by atoms with Crippen LogP contribution in [0.15, 0.2) is 12.1 Å². The Hall–Kier alpha value is -1.56. The third-order valence-electron chi connectivity index (χ3n) is 5.02. The van der Waals surface area contributed by atoms with Crippen LogP contribution < -0.4 is 5.32 Å². The molecule has 1 aliphatic rings. The van der Waals surface area contributed by atoms with Crippen LogP contribution in [0.3, 0.4) is 0 Å². The Kier molecular flexibility index (Phi) is 6.00. The summed E-state index contributed by atoms with van der Waals surface area (Å²) in [6.07, 6.45) is 1.35. The van der Waals surface area contributed by atoms with Crippen LogP contribution in [-0.4, -0.2) is 37.0 Å². The van der Waals surface area contributed by atoms with E-state index in [4.69, 9.17) is 0 Å². The van der Waals surface area contributed by atoms with Gasteiger partial charge in [0.1, 0.15) is 5.75 Å². The summed E-state index contributed by atoms with van der Waals surface area (Å²) in [5, 5.41) is 13.6. The summed E-state index contributed by atoms with van der Waals surface area (Å²) in [6, 6.07) is 3.70. The Balaban J connectivity index is 2.15. The number of nitrogens with one attached hydrogen (secondary N) is 1. The number of phenols is 1. The van der Waals surface area contributed by atoms with E-state index in [-0.39, 0.29) is 34.3 Å². The highest BCUT2D eigenvalue weighted by Crippen LogP contribution is 2.39. The number of hydrogen-bond acceptors (Lipinski definition) is 4. The summed E-state index contributed by atoms with van der Waals surface area (Å²) >= 11 is 0. The van der Waals surface area contributed by atoms with Crippen molar-refractivity contribution in [1.29, 1.82) is 0 Å². The van der Waals surface area contributed by atoms with Crippen molar-refractivity contribution in [2.45, 2.75) is 77.7 Å². The second-order valence-electron chi connectivity index (χ2n) is 9.71. The van der Waals surface area contributed by atoms with E-state index in [0.29, 0.717) is 25.0 Å². The van der Waals surface area contributed by atoms with Crippen molar-refractivity contribution in [1.82, 2.24) is 5.32 Å². The summed E-state index contributed by atoms with van der Waals surface area (Å²) in [5.41, 5.74) is 2.36. The first-order valence-corrected chi connectivity index (χ1v) is 11.4. The molecule has 0 aromatic heterocycles. The highest BCUT2D eigenvalue weighted by atomic mass is 32.2. The molecule has 5 nitrogen and oxygen atoms in total. The van der Waals surface area contributed by atoms with E-state index < -0.39 is 9.84 Å². The Morgan fingerprint density at radius 3 is 2.04 bits per heavy atom. The number of rotatable bonds is 4. The predicted molar refractivity (Wildman–Crippen MR) is 109 cm³/mol. The Morgan fingerprint density at radius 2 is 1.63 bits per heavy atom. The molecule has 2 N–H and O–H groups in total. The second kappa shape index (κ2) is 7.46. The van der Waals surface area contributed by atoms with Gasteiger partial charge in [-0.05, 0) is 40.4 Å². The molecule has 1 heterocycles. The third kappa shape index (κ3) is 5.71. The summed E-state index contributed by atoms with van der Waals surface area (Å²) in [6.45, 7) is 12.4. The molecular weight excluding hydrogens is 362 g/mol. The molecule has 1 saturated heterocycles. The van der Waals surface area contributed by atoms with Gasteiger partial charge in [0.15, 0.2) is 9.84 Å². The fraction of sp³-hybridized carbons (Fsp3) is 0.667. The smallest absolute Gasteiger partial charge is 0.220 e. The van der Waals surface area contributed by atoms with E-state index in [1.165, 1.54) is 0 Å². The normalized spacial score (nSPS) is 19.9. The third-order valence-corrected chi connectivity index (χ3v) is 6.79. The average molecular weight is 396 g/mol. The Morgan fingerprint density at radius 1 is 1.11 bits per heavy atom. The molecule has 0 saturated carbocycles. The zero-order valence-electron chi connectivity index (χ0n) is 17.3. The van der Waals surface area contributed by atoms with E-state index in [1.807, 2.05) is 12.1 Å². The fourth-order valence-corrected chi connectivity index (χ4v) is 5.12. The van der Waals surface area contributed by atoms with Crippen LogP contribution in [0.4, 0.5) is 0 Å². The van der Waals surface area contributed by atoms with Crippen molar-refractivity contribution < 1.29 is 18.3 Å².